The molecule has 2 aromatic carbocycles. The van der Waals surface area contributed by atoms with Crippen molar-refractivity contribution in [1.82, 2.24) is 9.21 Å². The summed E-state index contributed by atoms with van der Waals surface area (Å²) in [7, 11) is -3.66. The summed E-state index contributed by atoms with van der Waals surface area (Å²) in [4.78, 5) is 14.4. The largest absolute Gasteiger partial charge is 0.494 e. The van der Waals surface area contributed by atoms with E-state index in [9.17, 15) is 13.2 Å². The molecule has 8 nitrogen and oxygen atoms in total. The van der Waals surface area contributed by atoms with Crippen LogP contribution in [0.25, 0.3) is 0 Å². The summed E-state index contributed by atoms with van der Waals surface area (Å²) in [5.74, 6) is 1.82. The van der Waals surface area contributed by atoms with Crippen LogP contribution in [-0.4, -0.2) is 69.5 Å². The third-order valence-electron chi connectivity index (χ3n) is 5.54. The Morgan fingerprint density at radius 3 is 2.50 bits per heavy atom. The van der Waals surface area contributed by atoms with Crippen LogP contribution in [0.1, 0.15) is 18.4 Å². The second-order valence-electron chi connectivity index (χ2n) is 7.86. The molecule has 4 rings (SSSR count). The van der Waals surface area contributed by atoms with Crippen LogP contribution in [0, 0.1) is 6.92 Å². The summed E-state index contributed by atoms with van der Waals surface area (Å²) in [5, 5.41) is 0. The molecular formula is C23H28N2O6S. The maximum atomic E-state index is 13.0. The first-order chi connectivity index (χ1) is 15.4. The summed E-state index contributed by atoms with van der Waals surface area (Å²) in [5.41, 5.74) is 1.13. The first kappa shape index (κ1) is 22.4. The number of sulfonamides is 1. The van der Waals surface area contributed by atoms with Gasteiger partial charge in [-0.3, -0.25) is 4.79 Å². The standard InChI is InChI=1S/C23H28N2O6S/c1-18-4-2-5-19(16-18)29-13-3-6-23(26)24-9-11-25(12-10-24)32(27,28)20-7-8-21-22(17-20)31-15-14-30-21/h2,4-5,7-8,16-17H,3,6,9-15H2,1H3. The lowest BCUT2D eigenvalue weighted by molar-refractivity contribution is -0.132. The smallest absolute Gasteiger partial charge is 0.243 e. The van der Waals surface area contributed by atoms with Gasteiger partial charge < -0.3 is 19.1 Å². The van der Waals surface area contributed by atoms with Crippen molar-refractivity contribution in [3.8, 4) is 17.2 Å². The fourth-order valence-electron chi connectivity index (χ4n) is 3.79. The van der Waals surface area contributed by atoms with Gasteiger partial charge in [0, 0.05) is 38.7 Å². The maximum Gasteiger partial charge on any atom is 0.243 e. The normalized spacial score (nSPS) is 16.6. The van der Waals surface area contributed by atoms with Gasteiger partial charge in [0.1, 0.15) is 19.0 Å². The summed E-state index contributed by atoms with van der Waals surface area (Å²) < 4.78 is 44.1. The zero-order valence-electron chi connectivity index (χ0n) is 18.2. The number of ether oxygens (including phenoxy) is 3. The highest BCUT2D eigenvalue weighted by atomic mass is 32.2. The molecule has 0 N–H and O–H groups in total. The van der Waals surface area contributed by atoms with Crippen LogP contribution in [0.15, 0.2) is 47.4 Å². The van der Waals surface area contributed by atoms with E-state index in [1.807, 2.05) is 31.2 Å². The van der Waals surface area contributed by atoms with E-state index in [2.05, 4.69) is 0 Å². The molecule has 0 spiro atoms. The summed E-state index contributed by atoms with van der Waals surface area (Å²) in [6.45, 7) is 4.60. The second-order valence-corrected chi connectivity index (χ2v) is 9.80. The van der Waals surface area contributed by atoms with E-state index in [1.165, 1.54) is 16.4 Å². The quantitative estimate of drug-likeness (QED) is 0.590. The van der Waals surface area contributed by atoms with E-state index in [4.69, 9.17) is 14.2 Å². The molecule has 0 aliphatic carbocycles. The van der Waals surface area contributed by atoms with Gasteiger partial charge in [-0.25, -0.2) is 8.42 Å². The zero-order valence-corrected chi connectivity index (χ0v) is 19.0. The molecule has 2 aliphatic rings. The van der Waals surface area contributed by atoms with Crippen molar-refractivity contribution in [2.24, 2.45) is 0 Å². The number of benzene rings is 2. The number of aryl methyl sites for hydroxylation is 1. The predicted octanol–water partition coefficient (Wildman–Crippen LogP) is 2.46. The van der Waals surface area contributed by atoms with Crippen LogP contribution in [-0.2, 0) is 14.8 Å². The number of fused-ring (bicyclic) bond motifs is 1. The van der Waals surface area contributed by atoms with E-state index in [0.717, 1.165) is 11.3 Å². The molecule has 32 heavy (non-hydrogen) atoms. The van der Waals surface area contributed by atoms with Gasteiger partial charge >= 0.3 is 0 Å². The molecule has 0 unspecified atom stereocenters. The Morgan fingerprint density at radius 2 is 1.75 bits per heavy atom. The van der Waals surface area contributed by atoms with Crippen LogP contribution in [0.5, 0.6) is 17.2 Å². The molecule has 1 amide bonds. The average molecular weight is 461 g/mol. The van der Waals surface area contributed by atoms with Crippen molar-refractivity contribution < 1.29 is 27.4 Å². The van der Waals surface area contributed by atoms with Gasteiger partial charge in [0.25, 0.3) is 0 Å². The molecular weight excluding hydrogens is 432 g/mol. The van der Waals surface area contributed by atoms with Gasteiger partial charge in [0.15, 0.2) is 11.5 Å². The Hall–Kier alpha value is -2.78. The van der Waals surface area contributed by atoms with Gasteiger partial charge in [0.2, 0.25) is 15.9 Å². The van der Waals surface area contributed by atoms with E-state index >= 15 is 0 Å². The molecule has 0 radical (unpaired) electrons. The Balaban J connectivity index is 1.25. The molecule has 2 aromatic rings. The van der Waals surface area contributed by atoms with Crippen molar-refractivity contribution in [3.05, 3.63) is 48.0 Å². The first-order valence-corrected chi connectivity index (χ1v) is 12.2. The number of hydrogen-bond acceptors (Lipinski definition) is 6. The minimum atomic E-state index is -3.66. The van der Waals surface area contributed by atoms with Crippen molar-refractivity contribution in [2.75, 3.05) is 46.0 Å². The van der Waals surface area contributed by atoms with Crippen molar-refractivity contribution in [1.29, 1.82) is 0 Å². The Kier molecular flexibility index (Phi) is 6.86. The molecule has 0 atom stereocenters. The van der Waals surface area contributed by atoms with E-state index in [0.29, 0.717) is 57.3 Å². The van der Waals surface area contributed by atoms with Crippen LogP contribution in [0.4, 0.5) is 0 Å². The number of carbonyl (C=O) groups excluding carboxylic acids is 1. The van der Waals surface area contributed by atoms with Crippen LogP contribution in [0.3, 0.4) is 0 Å². The van der Waals surface area contributed by atoms with Gasteiger partial charge in [-0.2, -0.15) is 4.31 Å². The van der Waals surface area contributed by atoms with Gasteiger partial charge in [0.05, 0.1) is 11.5 Å². The molecule has 0 bridgehead atoms. The van der Waals surface area contributed by atoms with Crippen LogP contribution >= 0.6 is 0 Å². The highest BCUT2D eigenvalue weighted by Gasteiger charge is 2.31. The van der Waals surface area contributed by atoms with Gasteiger partial charge in [-0.15, -0.1) is 0 Å². The number of hydrogen-bond donors (Lipinski definition) is 0. The van der Waals surface area contributed by atoms with E-state index in [-0.39, 0.29) is 23.9 Å². The fraction of sp³-hybridized carbons (Fsp3) is 0.435. The van der Waals surface area contributed by atoms with Crippen molar-refractivity contribution in [2.45, 2.75) is 24.7 Å². The topological polar surface area (TPSA) is 85.4 Å². The minimum absolute atomic E-state index is 0.0224. The van der Waals surface area contributed by atoms with Crippen LogP contribution in [0.2, 0.25) is 0 Å². The predicted molar refractivity (Wildman–Crippen MR) is 119 cm³/mol. The molecule has 0 aromatic heterocycles. The molecule has 2 heterocycles. The van der Waals surface area contributed by atoms with Crippen molar-refractivity contribution in [3.63, 3.8) is 0 Å². The summed E-state index contributed by atoms with van der Waals surface area (Å²) >= 11 is 0. The molecule has 1 fully saturated rings. The molecule has 0 saturated carbocycles. The maximum absolute atomic E-state index is 13.0. The van der Waals surface area contributed by atoms with Crippen molar-refractivity contribution >= 4 is 15.9 Å². The Morgan fingerprint density at radius 1 is 1.00 bits per heavy atom. The van der Waals surface area contributed by atoms with E-state index < -0.39 is 10.0 Å². The number of nitrogens with zero attached hydrogens (tertiary/aromatic N) is 2. The number of piperazine rings is 1. The van der Waals surface area contributed by atoms with Gasteiger partial charge in [-0.05, 0) is 43.2 Å². The highest BCUT2D eigenvalue weighted by Crippen LogP contribution is 2.33. The number of amides is 1. The monoisotopic (exact) mass is 460 g/mol. The Labute approximate surface area is 188 Å². The third-order valence-corrected chi connectivity index (χ3v) is 7.43. The molecule has 9 heteroatoms. The lowest BCUT2D eigenvalue weighted by Gasteiger charge is -2.34. The molecule has 1 saturated heterocycles. The zero-order chi connectivity index (χ0) is 22.6. The molecule has 172 valence electrons. The second kappa shape index (κ2) is 9.79. The number of rotatable bonds is 7. The Bertz CT molecular complexity index is 1060. The third kappa shape index (κ3) is 5.16. The van der Waals surface area contributed by atoms with E-state index in [1.54, 1.807) is 11.0 Å². The molecule has 2 aliphatic heterocycles. The van der Waals surface area contributed by atoms with Gasteiger partial charge in [-0.1, -0.05) is 12.1 Å². The lowest BCUT2D eigenvalue weighted by atomic mass is 10.2. The lowest BCUT2D eigenvalue weighted by Crippen LogP contribution is -2.50. The van der Waals surface area contributed by atoms with Crippen LogP contribution < -0.4 is 14.2 Å². The average Bonchev–Trinajstić information content (AvgIpc) is 2.81. The summed E-state index contributed by atoms with van der Waals surface area (Å²) in [6, 6.07) is 12.5. The minimum Gasteiger partial charge on any atom is -0.494 e. The first-order valence-electron chi connectivity index (χ1n) is 10.8. The summed E-state index contributed by atoms with van der Waals surface area (Å²) in [6.07, 6.45) is 0.989. The fourth-order valence-corrected chi connectivity index (χ4v) is 5.23. The SMILES string of the molecule is Cc1cccc(OCCCC(=O)N2CCN(S(=O)(=O)c3ccc4c(c3)OCCO4)CC2)c1. The highest BCUT2D eigenvalue weighted by molar-refractivity contribution is 7.89. The number of carbonyl (C=O) groups is 1.